The molecule has 0 aliphatic carbocycles. The largest absolute Gasteiger partial charge is 0.481 e. The van der Waals surface area contributed by atoms with E-state index >= 15 is 0 Å². The van der Waals surface area contributed by atoms with E-state index in [1.165, 1.54) is 6.33 Å². The summed E-state index contributed by atoms with van der Waals surface area (Å²) in [6.45, 7) is 6.89. The third kappa shape index (κ3) is 3.70. The standard InChI is InChI=1S/C16H21N5O3/c1-11-8-20(9-12(2)23-11)16(22)13(3)24-15-6-4-14(5-7-15)21-10-17-18-19-21/h4-7,10-13H,8-9H2,1-3H3/t11-,12-,13+/m1/s1. The second kappa shape index (κ2) is 6.96. The van der Waals surface area contributed by atoms with Crippen molar-refractivity contribution in [2.45, 2.75) is 39.1 Å². The van der Waals surface area contributed by atoms with Crippen LogP contribution >= 0.6 is 0 Å². The summed E-state index contributed by atoms with van der Waals surface area (Å²) in [7, 11) is 0. The Morgan fingerprint density at radius 2 is 1.92 bits per heavy atom. The van der Waals surface area contributed by atoms with Crippen molar-refractivity contribution >= 4 is 5.91 Å². The lowest BCUT2D eigenvalue weighted by molar-refractivity contribution is -0.149. The summed E-state index contributed by atoms with van der Waals surface area (Å²) in [5.41, 5.74) is 0.821. The zero-order chi connectivity index (χ0) is 17.1. The van der Waals surface area contributed by atoms with E-state index in [4.69, 9.17) is 9.47 Å². The molecule has 1 aliphatic rings. The molecular weight excluding hydrogens is 310 g/mol. The summed E-state index contributed by atoms with van der Waals surface area (Å²) >= 11 is 0. The van der Waals surface area contributed by atoms with E-state index < -0.39 is 6.10 Å². The van der Waals surface area contributed by atoms with Crippen LogP contribution in [-0.2, 0) is 9.53 Å². The number of hydrogen-bond acceptors (Lipinski definition) is 6. The number of nitrogens with zero attached hydrogens (tertiary/aromatic N) is 5. The van der Waals surface area contributed by atoms with Crippen LogP contribution in [0.5, 0.6) is 5.75 Å². The molecule has 8 heteroatoms. The van der Waals surface area contributed by atoms with Crippen molar-refractivity contribution < 1.29 is 14.3 Å². The number of rotatable bonds is 4. The van der Waals surface area contributed by atoms with Crippen molar-refractivity contribution in [1.29, 1.82) is 0 Å². The van der Waals surface area contributed by atoms with Gasteiger partial charge in [0.2, 0.25) is 0 Å². The Balaban J connectivity index is 1.61. The van der Waals surface area contributed by atoms with Crippen molar-refractivity contribution in [2.24, 2.45) is 0 Å². The monoisotopic (exact) mass is 331 g/mol. The number of amides is 1. The van der Waals surface area contributed by atoms with E-state index in [-0.39, 0.29) is 18.1 Å². The van der Waals surface area contributed by atoms with Crippen LogP contribution in [0.1, 0.15) is 20.8 Å². The van der Waals surface area contributed by atoms with Crippen molar-refractivity contribution in [2.75, 3.05) is 13.1 Å². The van der Waals surface area contributed by atoms with Gasteiger partial charge in [0.15, 0.2) is 6.10 Å². The Hall–Kier alpha value is -2.48. The van der Waals surface area contributed by atoms with Gasteiger partial charge in [-0.15, -0.1) is 5.10 Å². The summed E-state index contributed by atoms with van der Waals surface area (Å²) in [5, 5.41) is 11.0. The summed E-state index contributed by atoms with van der Waals surface area (Å²) in [4.78, 5) is 14.4. The molecule has 1 aliphatic heterocycles. The molecule has 128 valence electrons. The van der Waals surface area contributed by atoms with Gasteiger partial charge in [-0.25, -0.2) is 4.68 Å². The smallest absolute Gasteiger partial charge is 0.263 e. The molecule has 2 heterocycles. The lowest BCUT2D eigenvalue weighted by atomic mass is 10.2. The molecule has 3 atom stereocenters. The number of carbonyl (C=O) groups is 1. The van der Waals surface area contributed by atoms with Gasteiger partial charge in [-0.3, -0.25) is 4.79 Å². The minimum absolute atomic E-state index is 0.0263. The molecule has 3 rings (SSSR count). The normalized spacial score (nSPS) is 22.2. The quantitative estimate of drug-likeness (QED) is 0.833. The van der Waals surface area contributed by atoms with Crippen molar-refractivity contribution in [1.82, 2.24) is 25.1 Å². The Morgan fingerprint density at radius 3 is 2.50 bits per heavy atom. The van der Waals surface area contributed by atoms with Crippen LogP contribution in [0, 0.1) is 0 Å². The number of hydrogen-bond donors (Lipinski definition) is 0. The number of tetrazole rings is 1. The molecule has 0 radical (unpaired) electrons. The van der Waals surface area contributed by atoms with Crippen LogP contribution in [0.2, 0.25) is 0 Å². The predicted molar refractivity (Wildman–Crippen MR) is 85.8 cm³/mol. The van der Waals surface area contributed by atoms with Gasteiger partial charge in [-0.05, 0) is 55.5 Å². The highest BCUT2D eigenvalue weighted by Gasteiger charge is 2.29. The molecule has 1 aromatic carbocycles. The van der Waals surface area contributed by atoms with Crippen molar-refractivity contribution in [3.05, 3.63) is 30.6 Å². The lowest BCUT2D eigenvalue weighted by Crippen LogP contribution is -2.51. The average Bonchev–Trinajstić information content (AvgIpc) is 3.08. The lowest BCUT2D eigenvalue weighted by Gasteiger charge is -2.36. The van der Waals surface area contributed by atoms with Gasteiger partial charge in [0, 0.05) is 13.1 Å². The molecule has 0 bridgehead atoms. The molecule has 0 saturated carbocycles. The van der Waals surface area contributed by atoms with E-state index in [1.54, 1.807) is 28.6 Å². The summed E-state index contributed by atoms with van der Waals surface area (Å²) < 4.78 is 13.0. The van der Waals surface area contributed by atoms with Crippen molar-refractivity contribution in [3.8, 4) is 11.4 Å². The molecule has 24 heavy (non-hydrogen) atoms. The third-order valence-corrected chi connectivity index (χ3v) is 3.84. The number of ether oxygens (including phenoxy) is 2. The van der Waals surface area contributed by atoms with Crippen LogP contribution in [0.15, 0.2) is 30.6 Å². The van der Waals surface area contributed by atoms with Gasteiger partial charge < -0.3 is 14.4 Å². The fourth-order valence-corrected chi connectivity index (χ4v) is 2.83. The first kappa shape index (κ1) is 16.4. The first-order valence-corrected chi connectivity index (χ1v) is 7.97. The zero-order valence-electron chi connectivity index (χ0n) is 14.0. The number of aromatic nitrogens is 4. The summed E-state index contributed by atoms with van der Waals surface area (Å²) in [6, 6.07) is 7.26. The Labute approximate surface area is 140 Å². The molecule has 2 aromatic rings. The zero-order valence-corrected chi connectivity index (χ0v) is 14.0. The van der Waals surface area contributed by atoms with Crippen LogP contribution < -0.4 is 4.74 Å². The van der Waals surface area contributed by atoms with Gasteiger partial charge in [-0.2, -0.15) is 0 Å². The Morgan fingerprint density at radius 1 is 1.25 bits per heavy atom. The second-order valence-corrected chi connectivity index (χ2v) is 6.01. The maximum Gasteiger partial charge on any atom is 0.263 e. The fourth-order valence-electron chi connectivity index (χ4n) is 2.83. The molecule has 1 saturated heterocycles. The molecule has 1 aromatic heterocycles. The summed E-state index contributed by atoms with van der Waals surface area (Å²) in [5.74, 6) is 0.601. The molecule has 0 N–H and O–H groups in total. The van der Waals surface area contributed by atoms with Gasteiger partial charge in [0.1, 0.15) is 12.1 Å². The maximum absolute atomic E-state index is 12.6. The van der Waals surface area contributed by atoms with E-state index in [9.17, 15) is 4.79 Å². The minimum Gasteiger partial charge on any atom is -0.481 e. The fraction of sp³-hybridized carbons (Fsp3) is 0.500. The number of carbonyl (C=O) groups excluding carboxylic acids is 1. The van der Waals surface area contributed by atoms with E-state index in [0.29, 0.717) is 18.8 Å². The number of benzene rings is 1. The van der Waals surface area contributed by atoms with E-state index in [2.05, 4.69) is 15.5 Å². The third-order valence-electron chi connectivity index (χ3n) is 3.84. The Kier molecular flexibility index (Phi) is 4.75. The van der Waals surface area contributed by atoms with Gasteiger partial charge in [-0.1, -0.05) is 0 Å². The van der Waals surface area contributed by atoms with Gasteiger partial charge >= 0.3 is 0 Å². The van der Waals surface area contributed by atoms with Gasteiger partial charge in [0.25, 0.3) is 5.91 Å². The first-order chi connectivity index (χ1) is 11.5. The topological polar surface area (TPSA) is 82.4 Å². The summed E-state index contributed by atoms with van der Waals surface area (Å²) in [6.07, 6.45) is 1.05. The SMILES string of the molecule is C[C@@H]1CN(C(=O)[C@H](C)Oc2ccc(-n3cnnn3)cc2)C[C@@H](C)O1. The van der Waals surface area contributed by atoms with Crippen molar-refractivity contribution in [3.63, 3.8) is 0 Å². The predicted octanol–water partition coefficient (Wildman–Crippen LogP) is 1.07. The molecular formula is C16H21N5O3. The second-order valence-electron chi connectivity index (χ2n) is 6.01. The minimum atomic E-state index is -0.554. The van der Waals surface area contributed by atoms with Crippen LogP contribution in [0.25, 0.3) is 5.69 Å². The first-order valence-electron chi connectivity index (χ1n) is 7.97. The highest BCUT2D eigenvalue weighted by molar-refractivity contribution is 5.81. The highest BCUT2D eigenvalue weighted by Crippen LogP contribution is 2.18. The van der Waals surface area contributed by atoms with Crippen LogP contribution in [0.3, 0.4) is 0 Å². The molecule has 0 spiro atoms. The molecule has 1 fully saturated rings. The van der Waals surface area contributed by atoms with Crippen LogP contribution in [0.4, 0.5) is 0 Å². The molecule has 0 unspecified atom stereocenters. The average molecular weight is 331 g/mol. The Bertz CT molecular complexity index is 664. The molecule has 8 nitrogen and oxygen atoms in total. The van der Waals surface area contributed by atoms with E-state index in [1.807, 2.05) is 26.0 Å². The van der Waals surface area contributed by atoms with E-state index in [0.717, 1.165) is 5.69 Å². The maximum atomic E-state index is 12.6. The molecule has 1 amide bonds. The number of morpholine rings is 1. The van der Waals surface area contributed by atoms with Crippen LogP contribution in [-0.4, -0.2) is 62.4 Å². The highest BCUT2D eigenvalue weighted by atomic mass is 16.5. The van der Waals surface area contributed by atoms with Gasteiger partial charge in [0.05, 0.1) is 17.9 Å².